The molecule has 7 nitrogen and oxygen atoms in total. The number of thiazole rings is 1. The van der Waals surface area contributed by atoms with Crippen LogP contribution in [0.4, 0.5) is 0 Å². The number of carbonyl (C=O) groups excluding carboxylic acids is 1. The van der Waals surface area contributed by atoms with Crippen LogP contribution in [0.15, 0.2) is 63.5 Å². The highest BCUT2D eigenvalue weighted by atomic mass is 32.1. The maximum Gasteiger partial charge on any atom is 0.338 e. The molecule has 206 valence electrons. The van der Waals surface area contributed by atoms with Gasteiger partial charge in [0, 0.05) is 0 Å². The molecule has 0 amide bonds. The molecule has 1 unspecified atom stereocenters. The highest BCUT2D eigenvalue weighted by Gasteiger charge is 2.33. The molecule has 2 aromatic carbocycles. The van der Waals surface area contributed by atoms with E-state index in [0.717, 1.165) is 17.5 Å². The molecular weight excluding hydrogens is 512 g/mol. The van der Waals surface area contributed by atoms with Crippen LogP contribution in [-0.4, -0.2) is 30.4 Å². The van der Waals surface area contributed by atoms with E-state index >= 15 is 0 Å². The third kappa shape index (κ3) is 6.01. The summed E-state index contributed by atoms with van der Waals surface area (Å²) in [6.07, 6.45) is 2.72. The molecule has 1 atom stereocenters. The number of hydrogen-bond acceptors (Lipinski definition) is 7. The van der Waals surface area contributed by atoms with E-state index in [4.69, 9.17) is 14.2 Å². The fraction of sp³-hybridized carbons (Fsp3) is 0.387. The summed E-state index contributed by atoms with van der Waals surface area (Å²) in [5, 5.41) is 0. The fourth-order valence-electron chi connectivity index (χ4n) is 4.54. The first kappa shape index (κ1) is 28.4. The van der Waals surface area contributed by atoms with E-state index < -0.39 is 12.0 Å². The first-order chi connectivity index (χ1) is 18.8. The van der Waals surface area contributed by atoms with Gasteiger partial charge in [-0.25, -0.2) is 9.79 Å². The molecule has 0 radical (unpaired) electrons. The molecule has 1 aliphatic heterocycles. The highest BCUT2D eigenvalue weighted by molar-refractivity contribution is 7.07. The van der Waals surface area contributed by atoms with E-state index in [-0.39, 0.29) is 12.2 Å². The number of aromatic nitrogens is 1. The van der Waals surface area contributed by atoms with Gasteiger partial charge in [-0.3, -0.25) is 9.36 Å². The number of ether oxygens (including phenoxy) is 3. The molecule has 0 saturated carbocycles. The van der Waals surface area contributed by atoms with Crippen LogP contribution in [0.2, 0.25) is 0 Å². The number of carbonyl (C=O) groups is 1. The molecule has 0 spiro atoms. The zero-order valence-corrected chi connectivity index (χ0v) is 24.3. The van der Waals surface area contributed by atoms with Crippen molar-refractivity contribution in [2.75, 3.05) is 19.8 Å². The van der Waals surface area contributed by atoms with Crippen molar-refractivity contribution in [3.63, 3.8) is 0 Å². The van der Waals surface area contributed by atoms with E-state index in [9.17, 15) is 9.59 Å². The molecule has 0 fully saturated rings. The van der Waals surface area contributed by atoms with Crippen LogP contribution in [0.5, 0.6) is 11.5 Å². The maximum atomic E-state index is 13.9. The molecule has 1 aromatic heterocycles. The van der Waals surface area contributed by atoms with Crippen LogP contribution >= 0.6 is 11.3 Å². The van der Waals surface area contributed by atoms with E-state index in [2.05, 4.69) is 25.8 Å². The minimum Gasteiger partial charge on any atom is -0.490 e. The molecule has 0 N–H and O–H groups in total. The summed E-state index contributed by atoms with van der Waals surface area (Å²) in [4.78, 5) is 32.2. The van der Waals surface area contributed by atoms with Gasteiger partial charge in [0.15, 0.2) is 16.3 Å². The van der Waals surface area contributed by atoms with Crippen LogP contribution in [0, 0.1) is 0 Å². The largest absolute Gasteiger partial charge is 0.490 e. The quantitative estimate of drug-likeness (QED) is 0.329. The number of hydrogen-bond donors (Lipinski definition) is 0. The summed E-state index contributed by atoms with van der Waals surface area (Å²) in [6, 6.07) is 13.1. The monoisotopic (exact) mass is 548 g/mol. The predicted octanol–water partition coefficient (Wildman–Crippen LogP) is 5.11. The van der Waals surface area contributed by atoms with Gasteiger partial charge in [-0.15, -0.1) is 0 Å². The Balaban J connectivity index is 1.86. The Bertz CT molecular complexity index is 1550. The minimum absolute atomic E-state index is 0.213. The van der Waals surface area contributed by atoms with Crippen LogP contribution in [-0.2, 0) is 9.53 Å². The van der Waals surface area contributed by atoms with Crippen molar-refractivity contribution < 1.29 is 19.0 Å². The van der Waals surface area contributed by atoms with Gasteiger partial charge in [-0.2, -0.15) is 0 Å². The summed E-state index contributed by atoms with van der Waals surface area (Å²) in [7, 11) is 0. The van der Waals surface area contributed by atoms with E-state index in [1.54, 1.807) is 18.4 Å². The number of esters is 1. The molecule has 0 bridgehead atoms. The Morgan fingerprint density at radius 2 is 1.79 bits per heavy atom. The summed E-state index contributed by atoms with van der Waals surface area (Å²) in [6.45, 7) is 13.1. The van der Waals surface area contributed by atoms with Gasteiger partial charge in [0.1, 0.15) is 0 Å². The third-order valence-electron chi connectivity index (χ3n) is 6.46. The second kappa shape index (κ2) is 12.5. The lowest BCUT2D eigenvalue weighted by Crippen LogP contribution is -2.39. The Kier molecular flexibility index (Phi) is 9.07. The van der Waals surface area contributed by atoms with Gasteiger partial charge >= 0.3 is 5.97 Å². The first-order valence-corrected chi connectivity index (χ1v) is 14.3. The Morgan fingerprint density at radius 3 is 2.44 bits per heavy atom. The van der Waals surface area contributed by atoms with E-state index in [1.165, 1.54) is 16.9 Å². The second-order valence-electron chi connectivity index (χ2n) is 9.61. The normalized spacial score (nSPS) is 15.3. The SMILES string of the molecule is CCCOc1ccc(C=c2sc3n(c2=O)C(c2ccc(C(C)C)cc2)C(C(=O)OCC)=C(C)N=3)cc1OCC. The topological polar surface area (TPSA) is 79.1 Å². The van der Waals surface area contributed by atoms with Crippen molar-refractivity contribution in [1.82, 2.24) is 4.57 Å². The number of fused-ring (bicyclic) bond motifs is 1. The number of rotatable bonds is 10. The second-order valence-corrected chi connectivity index (χ2v) is 10.6. The van der Waals surface area contributed by atoms with Gasteiger partial charge < -0.3 is 14.2 Å². The molecule has 1 aliphatic rings. The zero-order chi connectivity index (χ0) is 28.1. The van der Waals surface area contributed by atoms with Crippen molar-refractivity contribution in [2.24, 2.45) is 4.99 Å². The van der Waals surface area contributed by atoms with E-state index in [1.807, 2.05) is 55.5 Å². The van der Waals surface area contributed by atoms with E-state index in [0.29, 0.717) is 51.2 Å². The average Bonchev–Trinajstić information content (AvgIpc) is 3.21. The maximum absolute atomic E-state index is 13.9. The van der Waals surface area contributed by atoms with Crippen molar-refractivity contribution >= 4 is 23.4 Å². The molecule has 3 aromatic rings. The Labute approximate surface area is 233 Å². The van der Waals surface area contributed by atoms with Crippen molar-refractivity contribution in [3.05, 3.63) is 90.1 Å². The Morgan fingerprint density at radius 1 is 1.05 bits per heavy atom. The summed E-state index contributed by atoms with van der Waals surface area (Å²) < 4.78 is 19.1. The van der Waals surface area contributed by atoms with Crippen molar-refractivity contribution in [3.8, 4) is 11.5 Å². The van der Waals surface area contributed by atoms with Gasteiger partial charge in [0.2, 0.25) is 0 Å². The Hall–Kier alpha value is -3.65. The molecular formula is C31H36N2O5S. The smallest absolute Gasteiger partial charge is 0.338 e. The van der Waals surface area contributed by atoms with Gasteiger partial charge in [-0.05, 0) is 68.0 Å². The standard InChI is InChI=1S/C31H36N2O5S/c1-7-16-38-24-15-10-21(17-25(24)36-8-2)18-26-29(34)33-28(23-13-11-22(12-14-23)19(4)5)27(30(35)37-9-3)20(6)32-31(33)39-26/h10-15,17-19,28H,7-9,16H2,1-6H3. The summed E-state index contributed by atoms with van der Waals surface area (Å²) >= 11 is 1.30. The lowest BCUT2D eigenvalue weighted by molar-refractivity contribution is -0.139. The summed E-state index contributed by atoms with van der Waals surface area (Å²) in [5.74, 6) is 1.21. The van der Waals surface area contributed by atoms with Gasteiger partial charge in [0.25, 0.3) is 5.56 Å². The predicted molar refractivity (Wildman–Crippen MR) is 154 cm³/mol. The van der Waals surface area contributed by atoms with Gasteiger partial charge in [0.05, 0.1) is 41.7 Å². The molecule has 0 saturated heterocycles. The number of nitrogens with zero attached hydrogens (tertiary/aromatic N) is 2. The fourth-order valence-corrected chi connectivity index (χ4v) is 5.58. The first-order valence-electron chi connectivity index (χ1n) is 13.5. The van der Waals surface area contributed by atoms with Crippen LogP contribution in [0.1, 0.15) is 76.6 Å². The molecule has 0 aliphatic carbocycles. The minimum atomic E-state index is -0.632. The average molecular weight is 549 g/mol. The zero-order valence-electron chi connectivity index (χ0n) is 23.4. The van der Waals surface area contributed by atoms with Gasteiger partial charge in [-0.1, -0.05) is 62.4 Å². The van der Waals surface area contributed by atoms with Crippen LogP contribution in [0.3, 0.4) is 0 Å². The number of allylic oxidation sites excluding steroid dienone is 1. The lowest BCUT2D eigenvalue weighted by atomic mass is 9.93. The third-order valence-corrected chi connectivity index (χ3v) is 7.45. The summed E-state index contributed by atoms with van der Waals surface area (Å²) in [5.41, 5.74) is 3.54. The molecule has 4 rings (SSSR count). The molecule has 39 heavy (non-hydrogen) atoms. The van der Waals surface area contributed by atoms with Crippen molar-refractivity contribution in [2.45, 2.75) is 59.9 Å². The van der Waals surface area contributed by atoms with Crippen LogP contribution in [0.25, 0.3) is 6.08 Å². The highest BCUT2D eigenvalue weighted by Crippen LogP contribution is 2.32. The molecule has 8 heteroatoms. The lowest BCUT2D eigenvalue weighted by Gasteiger charge is -2.25. The molecule has 2 heterocycles. The number of benzene rings is 2. The van der Waals surface area contributed by atoms with Crippen LogP contribution < -0.4 is 24.4 Å². The van der Waals surface area contributed by atoms with Crippen molar-refractivity contribution in [1.29, 1.82) is 0 Å².